The van der Waals surface area contributed by atoms with E-state index in [2.05, 4.69) is 28.2 Å². The van der Waals surface area contributed by atoms with Crippen molar-refractivity contribution in [3.05, 3.63) is 53.7 Å². The van der Waals surface area contributed by atoms with Crippen molar-refractivity contribution in [3.63, 3.8) is 0 Å². The summed E-state index contributed by atoms with van der Waals surface area (Å²) in [7, 11) is 1.65. The molecule has 7 heteroatoms. The molecule has 30 heavy (non-hydrogen) atoms. The summed E-state index contributed by atoms with van der Waals surface area (Å²) >= 11 is 0. The van der Waals surface area contributed by atoms with Gasteiger partial charge in [-0.2, -0.15) is 5.26 Å². The van der Waals surface area contributed by atoms with Crippen LogP contribution in [0.1, 0.15) is 36.9 Å². The zero-order valence-corrected chi connectivity index (χ0v) is 17.4. The van der Waals surface area contributed by atoms with Crippen LogP contribution in [-0.4, -0.2) is 54.6 Å². The molecule has 2 aromatic rings. The Balaban J connectivity index is 1.35. The number of piperazine rings is 1. The highest BCUT2D eigenvalue weighted by Crippen LogP contribution is 2.34. The summed E-state index contributed by atoms with van der Waals surface area (Å²) in [5, 5.41) is 12.3. The Kier molecular flexibility index (Phi) is 5.86. The van der Waals surface area contributed by atoms with E-state index in [1.807, 2.05) is 41.3 Å². The molecule has 7 nitrogen and oxygen atoms in total. The molecule has 2 bridgehead atoms. The Hall–Kier alpha value is -3.11. The summed E-state index contributed by atoms with van der Waals surface area (Å²) in [6.45, 7) is 3.80. The number of amides is 1. The molecule has 2 saturated heterocycles. The van der Waals surface area contributed by atoms with E-state index in [1.54, 1.807) is 13.3 Å². The molecule has 0 spiro atoms. The van der Waals surface area contributed by atoms with Crippen molar-refractivity contribution in [2.45, 2.75) is 37.9 Å². The molecule has 1 aromatic carbocycles. The van der Waals surface area contributed by atoms with Crippen LogP contribution in [0.5, 0.6) is 5.75 Å². The molecule has 3 heterocycles. The predicted octanol–water partition coefficient (Wildman–Crippen LogP) is 2.49. The van der Waals surface area contributed by atoms with Gasteiger partial charge in [-0.1, -0.05) is 12.1 Å². The van der Waals surface area contributed by atoms with Gasteiger partial charge in [0, 0.05) is 37.4 Å². The number of nitrogens with one attached hydrogen (secondary N) is 1. The van der Waals surface area contributed by atoms with Crippen molar-refractivity contribution >= 4 is 11.7 Å². The lowest BCUT2D eigenvalue weighted by atomic mass is 10.1. The number of aromatic nitrogens is 1. The van der Waals surface area contributed by atoms with Crippen LogP contribution in [0.4, 0.5) is 5.82 Å². The average Bonchev–Trinajstić information content (AvgIpc) is 3.06. The highest BCUT2D eigenvalue weighted by molar-refractivity contribution is 5.79. The van der Waals surface area contributed by atoms with Gasteiger partial charge < -0.3 is 19.9 Å². The van der Waals surface area contributed by atoms with Crippen LogP contribution in [0.3, 0.4) is 0 Å². The highest BCUT2D eigenvalue weighted by Gasteiger charge is 2.41. The SMILES string of the molecule is COc1cccc(C(C)NCC(=O)N2CC3CCC(C2)N3c2ccc(C#N)cn2)c1. The largest absolute Gasteiger partial charge is 0.497 e. The van der Waals surface area contributed by atoms with Crippen LogP contribution in [0.2, 0.25) is 0 Å². The molecule has 0 aliphatic carbocycles. The number of benzene rings is 1. The van der Waals surface area contributed by atoms with Gasteiger partial charge in [-0.3, -0.25) is 4.79 Å². The molecule has 1 amide bonds. The first-order chi connectivity index (χ1) is 14.6. The van der Waals surface area contributed by atoms with E-state index < -0.39 is 0 Å². The number of hydrogen-bond donors (Lipinski definition) is 1. The van der Waals surface area contributed by atoms with E-state index in [-0.39, 0.29) is 24.0 Å². The van der Waals surface area contributed by atoms with Crippen molar-refractivity contribution in [1.82, 2.24) is 15.2 Å². The Morgan fingerprint density at radius 3 is 2.70 bits per heavy atom. The zero-order valence-electron chi connectivity index (χ0n) is 17.4. The van der Waals surface area contributed by atoms with Crippen molar-refractivity contribution in [1.29, 1.82) is 5.26 Å². The summed E-state index contributed by atoms with van der Waals surface area (Å²) in [6, 6.07) is 14.4. The Morgan fingerprint density at radius 1 is 1.30 bits per heavy atom. The second-order valence-electron chi connectivity index (χ2n) is 7.99. The maximum atomic E-state index is 12.9. The zero-order chi connectivity index (χ0) is 21.1. The van der Waals surface area contributed by atoms with Gasteiger partial charge in [-0.05, 0) is 49.6 Å². The molecule has 1 N–H and O–H groups in total. The minimum atomic E-state index is 0.0601. The fraction of sp³-hybridized carbons (Fsp3) is 0.435. The third-order valence-corrected chi connectivity index (χ3v) is 6.13. The van der Waals surface area contributed by atoms with Crippen molar-refractivity contribution in [3.8, 4) is 11.8 Å². The van der Waals surface area contributed by atoms with E-state index in [1.165, 1.54) is 0 Å². The number of rotatable bonds is 6. The number of pyridine rings is 1. The first kappa shape index (κ1) is 20.2. The van der Waals surface area contributed by atoms with E-state index >= 15 is 0 Å². The fourth-order valence-electron chi connectivity index (χ4n) is 4.47. The molecule has 0 radical (unpaired) electrons. The molecule has 4 rings (SSSR count). The molecule has 2 fully saturated rings. The third-order valence-electron chi connectivity index (χ3n) is 6.13. The Morgan fingerprint density at radius 2 is 2.07 bits per heavy atom. The number of nitriles is 1. The number of carbonyl (C=O) groups excluding carboxylic acids is 1. The number of methoxy groups -OCH3 is 1. The fourth-order valence-corrected chi connectivity index (χ4v) is 4.47. The lowest BCUT2D eigenvalue weighted by Gasteiger charge is -2.42. The minimum absolute atomic E-state index is 0.0601. The number of fused-ring (bicyclic) bond motifs is 2. The van der Waals surface area contributed by atoms with Gasteiger partial charge in [0.1, 0.15) is 17.6 Å². The maximum Gasteiger partial charge on any atom is 0.236 e. The van der Waals surface area contributed by atoms with Crippen LogP contribution in [0.25, 0.3) is 0 Å². The lowest BCUT2D eigenvalue weighted by Crippen LogP contribution is -2.57. The summed E-state index contributed by atoms with van der Waals surface area (Å²) in [6.07, 6.45) is 3.74. The highest BCUT2D eigenvalue weighted by atomic mass is 16.5. The second kappa shape index (κ2) is 8.72. The molecule has 0 saturated carbocycles. The standard InChI is InChI=1S/C23H27N5O2/c1-16(18-4-3-5-21(10-18)30-2)25-13-23(29)27-14-19-7-8-20(15-27)28(19)22-9-6-17(11-24)12-26-22/h3-6,9-10,12,16,19-20,25H,7-8,13-15H2,1-2H3. The number of likely N-dealkylation sites (tertiary alicyclic amines) is 1. The van der Waals surface area contributed by atoms with Gasteiger partial charge >= 0.3 is 0 Å². The van der Waals surface area contributed by atoms with Crippen LogP contribution in [0, 0.1) is 11.3 Å². The molecule has 1 aromatic heterocycles. The summed E-state index contributed by atoms with van der Waals surface area (Å²) < 4.78 is 5.29. The smallest absolute Gasteiger partial charge is 0.236 e. The van der Waals surface area contributed by atoms with Crippen LogP contribution >= 0.6 is 0 Å². The normalized spacial score (nSPS) is 21.2. The number of hydrogen-bond acceptors (Lipinski definition) is 6. The van der Waals surface area contributed by atoms with E-state index in [0.717, 1.165) is 30.0 Å². The van der Waals surface area contributed by atoms with Gasteiger partial charge in [0.2, 0.25) is 5.91 Å². The second-order valence-corrected chi connectivity index (χ2v) is 7.99. The molecular formula is C23H27N5O2. The van der Waals surface area contributed by atoms with E-state index in [9.17, 15) is 4.79 Å². The van der Waals surface area contributed by atoms with Gasteiger partial charge in [-0.25, -0.2) is 4.98 Å². The van der Waals surface area contributed by atoms with Crippen LogP contribution < -0.4 is 15.0 Å². The number of nitrogens with zero attached hydrogens (tertiary/aromatic N) is 4. The van der Waals surface area contributed by atoms with Crippen molar-refractivity contribution < 1.29 is 9.53 Å². The third kappa shape index (κ3) is 4.10. The summed E-state index contributed by atoms with van der Waals surface area (Å²) in [5.41, 5.74) is 1.66. The van der Waals surface area contributed by atoms with Gasteiger partial charge in [0.05, 0.1) is 19.2 Å². The first-order valence-corrected chi connectivity index (χ1v) is 10.4. The van der Waals surface area contributed by atoms with Gasteiger partial charge in [-0.15, -0.1) is 0 Å². The summed E-state index contributed by atoms with van der Waals surface area (Å²) in [4.78, 5) is 21.7. The maximum absolute atomic E-state index is 12.9. The number of ether oxygens (including phenoxy) is 1. The van der Waals surface area contributed by atoms with E-state index in [0.29, 0.717) is 25.2 Å². The van der Waals surface area contributed by atoms with Crippen molar-refractivity contribution in [2.75, 3.05) is 31.6 Å². The Bertz CT molecular complexity index is 925. The topological polar surface area (TPSA) is 81.5 Å². The Labute approximate surface area is 177 Å². The summed E-state index contributed by atoms with van der Waals surface area (Å²) in [5.74, 6) is 1.85. The predicted molar refractivity (Wildman–Crippen MR) is 114 cm³/mol. The monoisotopic (exact) mass is 405 g/mol. The molecule has 2 aliphatic rings. The van der Waals surface area contributed by atoms with Crippen molar-refractivity contribution in [2.24, 2.45) is 0 Å². The van der Waals surface area contributed by atoms with Crippen LogP contribution in [0.15, 0.2) is 42.6 Å². The average molecular weight is 406 g/mol. The van der Waals surface area contributed by atoms with Crippen LogP contribution in [-0.2, 0) is 4.79 Å². The number of carbonyl (C=O) groups is 1. The number of anilines is 1. The lowest BCUT2D eigenvalue weighted by molar-refractivity contribution is -0.131. The molecular weight excluding hydrogens is 378 g/mol. The van der Waals surface area contributed by atoms with E-state index in [4.69, 9.17) is 10.00 Å². The molecule has 2 aliphatic heterocycles. The first-order valence-electron chi connectivity index (χ1n) is 10.4. The van der Waals surface area contributed by atoms with Gasteiger partial charge in [0.25, 0.3) is 0 Å². The minimum Gasteiger partial charge on any atom is -0.497 e. The quantitative estimate of drug-likeness (QED) is 0.795. The molecule has 3 unspecified atom stereocenters. The molecule has 3 atom stereocenters. The molecule has 156 valence electrons. The van der Waals surface area contributed by atoms with Gasteiger partial charge in [0.15, 0.2) is 0 Å².